The molecule has 1 amide bonds. The van der Waals surface area contributed by atoms with Gasteiger partial charge >= 0.3 is 0 Å². The summed E-state index contributed by atoms with van der Waals surface area (Å²) in [4.78, 5) is 12.3. The minimum absolute atomic E-state index is 0.0367. The molecule has 1 aliphatic rings. The summed E-state index contributed by atoms with van der Waals surface area (Å²) in [5, 5.41) is 3.16. The number of fused-ring (bicyclic) bond motifs is 1. The van der Waals surface area contributed by atoms with Gasteiger partial charge in [-0.25, -0.2) is 0 Å². The van der Waals surface area contributed by atoms with Gasteiger partial charge in [-0.15, -0.1) is 0 Å². The smallest absolute Gasteiger partial charge is 0.224 e. The Kier molecular flexibility index (Phi) is 3.91. The minimum Gasteiger partial charge on any atom is -0.398 e. The minimum atomic E-state index is 0.0367. The predicted molar refractivity (Wildman–Crippen MR) is 84.8 cm³/mol. The number of nitrogen functional groups attached to an aromatic ring is 1. The van der Waals surface area contributed by atoms with E-state index in [1.807, 2.05) is 30.3 Å². The monoisotopic (exact) mass is 280 g/mol. The lowest BCUT2D eigenvalue weighted by molar-refractivity contribution is -0.121. The molecule has 2 aromatic rings. The van der Waals surface area contributed by atoms with Gasteiger partial charge < -0.3 is 11.1 Å². The summed E-state index contributed by atoms with van der Waals surface area (Å²) in [5.41, 5.74) is 10.1. The number of carbonyl (C=O) groups excluding carboxylic acids is 1. The second-order valence-electron chi connectivity index (χ2n) is 5.59. The zero-order valence-corrected chi connectivity index (χ0v) is 12.0. The van der Waals surface area contributed by atoms with Crippen LogP contribution in [-0.4, -0.2) is 5.91 Å². The highest BCUT2D eigenvalue weighted by molar-refractivity contribution is 5.80. The van der Waals surface area contributed by atoms with Crippen LogP contribution in [0.25, 0.3) is 0 Å². The van der Waals surface area contributed by atoms with Crippen molar-refractivity contribution in [3.8, 4) is 0 Å². The molecule has 3 heteroatoms. The van der Waals surface area contributed by atoms with Crippen molar-refractivity contribution in [3.63, 3.8) is 0 Å². The first-order valence-electron chi connectivity index (χ1n) is 7.44. The molecule has 1 aliphatic carbocycles. The van der Waals surface area contributed by atoms with E-state index in [-0.39, 0.29) is 11.9 Å². The number of benzene rings is 2. The zero-order valence-electron chi connectivity index (χ0n) is 12.0. The molecule has 0 aliphatic heterocycles. The highest BCUT2D eigenvalue weighted by Crippen LogP contribution is 2.29. The number of hydrogen-bond acceptors (Lipinski definition) is 2. The molecule has 108 valence electrons. The highest BCUT2D eigenvalue weighted by Gasteiger charge is 2.21. The standard InChI is InChI=1S/C18H20N2O/c19-16-10-4-2-7-14(16)12-18(21)20-17-11-5-8-13-6-1-3-9-15(13)17/h1-4,6-7,9-10,17H,5,8,11-12,19H2,(H,20,21). The van der Waals surface area contributed by atoms with Gasteiger partial charge in [0.1, 0.15) is 0 Å². The lowest BCUT2D eigenvalue weighted by Crippen LogP contribution is -2.32. The molecule has 0 saturated heterocycles. The summed E-state index contributed by atoms with van der Waals surface area (Å²) >= 11 is 0. The maximum atomic E-state index is 12.3. The molecule has 0 aromatic heterocycles. The quantitative estimate of drug-likeness (QED) is 0.849. The summed E-state index contributed by atoms with van der Waals surface area (Å²) in [6.45, 7) is 0. The van der Waals surface area contributed by atoms with Gasteiger partial charge in [0, 0.05) is 5.69 Å². The molecule has 3 nitrogen and oxygen atoms in total. The zero-order chi connectivity index (χ0) is 14.7. The van der Waals surface area contributed by atoms with Gasteiger partial charge in [-0.3, -0.25) is 4.79 Å². The highest BCUT2D eigenvalue weighted by atomic mass is 16.1. The van der Waals surface area contributed by atoms with E-state index in [9.17, 15) is 4.79 Å². The second kappa shape index (κ2) is 6.00. The van der Waals surface area contributed by atoms with E-state index in [4.69, 9.17) is 5.73 Å². The molecule has 21 heavy (non-hydrogen) atoms. The van der Waals surface area contributed by atoms with Crippen LogP contribution >= 0.6 is 0 Å². The third kappa shape index (κ3) is 3.07. The summed E-state index contributed by atoms with van der Waals surface area (Å²) in [7, 11) is 0. The Morgan fingerprint density at radius 2 is 1.90 bits per heavy atom. The number of para-hydroxylation sites is 1. The Balaban J connectivity index is 1.70. The lowest BCUT2D eigenvalue weighted by Gasteiger charge is -2.26. The Hall–Kier alpha value is -2.29. The predicted octanol–water partition coefficient (Wildman–Crippen LogP) is 3.01. The second-order valence-corrected chi connectivity index (χ2v) is 5.59. The Labute approximate surface area is 125 Å². The molecule has 0 spiro atoms. The van der Waals surface area contributed by atoms with Crippen molar-refractivity contribution in [3.05, 3.63) is 65.2 Å². The molecule has 0 fully saturated rings. The molecule has 0 heterocycles. The van der Waals surface area contributed by atoms with Crippen molar-refractivity contribution < 1.29 is 4.79 Å². The van der Waals surface area contributed by atoms with Gasteiger partial charge in [-0.05, 0) is 42.0 Å². The van der Waals surface area contributed by atoms with Gasteiger partial charge in [0.05, 0.1) is 12.5 Å². The van der Waals surface area contributed by atoms with Crippen LogP contribution in [0.5, 0.6) is 0 Å². The molecular formula is C18H20N2O. The fourth-order valence-corrected chi connectivity index (χ4v) is 3.02. The third-order valence-corrected chi connectivity index (χ3v) is 4.11. The van der Waals surface area contributed by atoms with Crippen molar-refractivity contribution in [2.24, 2.45) is 0 Å². The van der Waals surface area contributed by atoms with Crippen LogP contribution in [0.15, 0.2) is 48.5 Å². The number of anilines is 1. The van der Waals surface area contributed by atoms with Crippen molar-refractivity contribution in [2.45, 2.75) is 31.7 Å². The Morgan fingerprint density at radius 1 is 1.14 bits per heavy atom. The summed E-state index contributed by atoms with van der Waals surface area (Å²) in [6, 6.07) is 16.0. The van der Waals surface area contributed by atoms with Crippen LogP contribution in [-0.2, 0) is 17.6 Å². The number of rotatable bonds is 3. The number of amides is 1. The maximum absolute atomic E-state index is 12.3. The number of hydrogen-bond donors (Lipinski definition) is 2. The lowest BCUT2D eigenvalue weighted by atomic mass is 9.87. The van der Waals surface area contributed by atoms with Crippen LogP contribution < -0.4 is 11.1 Å². The molecule has 0 bridgehead atoms. The molecule has 3 N–H and O–H groups in total. The van der Waals surface area contributed by atoms with Crippen LogP contribution in [0.2, 0.25) is 0 Å². The Morgan fingerprint density at radius 3 is 2.76 bits per heavy atom. The average Bonchev–Trinajstić information content (AvgIpc) is 2.50. The molecule has 3 rings (SSSR count). The van der Waals surface area contributed by atoms with Crippen LogP contribution in [0.1, 0.15) is 35.6 Å². The molecule has 0 radical (unpaired) electrons. The van der Waals surface area contributed by atoms with Gasteiger partial charge in [0.2, 0.25) is 5.91 Å². The summed E-state index contributed by atoms with van der Waals surface area (Å²) < 4.78 is 0. The van der Waals surface area contributed by atoms with Gasteiger partial charge in [-0.1, -0.05) is 42.5 Å². The van der Waals surface area contributed by atoms with Crippen molar-refractivity contribution in [2.75, 3.05) is 5.73 Å². The number of aryl methyl sites for hydroxylation is 1. The van der Waals surface area contributed by atoms with Crippen LogP contribution in [0.4, 0.5) is 5.69 Å². The Bertz CT molecular complexity index is 651. The summed E-state index contributed by atoms with van der Waals surface area (Å²) in [5.74, 6) is 0.0367. The topological polar surface area (TPSA) is 55.1 Å². The first-order chi connectivity index (χ1) is 10.2. The van der Waals surface area contributed by atoms with E-state index in [1.54, 1.807) is 0 Å². The number of nitrogens with one attached hydrogen (secondary N) is 1. The SMILES string of the molecule is Nc1ccccc1CC(=O)NC1CCCc2ccccc21. The van der Waals surface area contributed by atoms with Crippen LogP contribution in [0.3, 0.4) is 0 Å². The van der Waals surface area contributed by atoms with Crippen molar-refractivity contribution >= 4 is 11.6 Å². The summed E-state index contributed by atoms with van der Waals surface area (Å²) in [6.07, 6.45) is 3.57. The largest absolute Gasteiger partial charge is 0.398 e. The van der Waals surface area contributed by atoms with Crippen LogP contribution in [0, 0.1) is 0 Å². The molecule has 1 atom stereocenters. The first kappa shape index (κ1) is 13.7. The van der Waals surface area contributed by atoms with E-state index in [2.05, 4.69) is 23.5 Å². The number of carbonyl (C=O) groups is 1. The average molecular weight is 280 g/mol. The number of nitrogens with two attached hydrogens (primary N) is 1. The van der Waals surface area contributed by atoms with Crippen molar-refractivity contribution in [1.29, 1.82) is 0 Å². The third-order valence-electron chi connectivity index (χ3n) is 4.11. The van der Waals surface area contributed by atoms with Gasteiger partial charge in [-0.2, -0.15) is 0 Å². The fraction of sp³-hybridized carbons (Fsp3) is 0.278. The molecular weight excluding hydrogens is 260 g/mol. The van der Waals surface area contributed by atoms with E-state index >= 15 is 0 Å². The molecule has 1 unspecified atom stereocenters. The van der Waals surface area contributed by atoms with E-state index in [0.29, 0.717) is 12.1 Å². The fourth-order valence-electron chi connectivity index (χ4n) is 3.02. The van der Waals surface area contributed by atoms with Gasteiger partial charge in [0.15, 0.2) is 0 Å². The van der Waals surface area contributed by atoms with Crippen molar-refractivity contribution in [1.82, 2.24) is 5.32 Å². The first-order valence-corrected chi connectivity index (χ1v) is 7.44. The normalized spacial score (nSPS) is 17.0. The van der Waals surface area contributed by atoms with E-state index < -0.39 is 0 Å². The molecule has 0 saturated carbocycles. The van der Waals surface area contributed by atoms with Gasteiger partial charge in [0.25, 0.3) is 0 Å². The molecule has 2 aromatic carbocycles. The maximum Gasteiger partial charge on any atom is 0.224 e. The van der Waals surface area contributed by atoms with E-state index in [1.165, 1.54) is 11.1 Å². The van der Waals surface area contributed by atoms with E-state index in [0.717, 1.165) is 24.8 Å².